The van der Waals surface area contributed by atoms with E-state index in [0.29, 0.717) is 22.3 Å². The van der Waals surface area contributed by atoms with Gasteiger partial charge < -0.3 is 5.11 Å². The van der Waals surface area contributed by atoms with E-state index in [1.54, 1.807) is 42.5 Å². The lowest BCUT2D eigenvalue weighted by Crippen LogP contribution is -2.31. The Morgan fingerprint density at radius 3 is 1.51 bits per heavy atom. The molecule has 0 unspecified atom stereocenters. The number of phenolic OH excluding ortho intramolecular Hbond substituents is 1. The fourth-order valence-corrected chi connectivity index (χ4v) is 9.06. The minimum Gasteiger partial charge on any atom is -0.505 e. The molecular weight excluding hydrogens is 760 g/mol. The lowest BCUT2D eigenvalue weighted by molar-refractivity contribution is 0.393. The van der Waals surface area contributed by atoms with E-state index in [0.717, 1.165) is 10.4 Å². The van der Waals surface area contributed by atoms with Gasteiger partial charge in [-0.3, -0.25) is 0 Å². The minimum atomic E-state index is -4.42. The maximum atomic E-state index is 14.1. The Labute approximate surface area is 302 Å². The van der Waals surface area contributed by atoms with Gasteiger partial charge in [-0.1, -0.05) is 101 Å². The molecule has 5 aromatic rings. The molecule has 49 heavy (non-hydrogen) atoms. The molecule has 256 valence electrons. The average Bonchev–Trinajstić information content (AvgIpc) is 3.06. The van der Waals surface area contributed by atoms with Crippen molar-refractivity contribution in [3.8, 4) is 5.75 Å². The zero-order chi connectivity index (χ0) is 35.5. The van der Waals surface area contributed by atoms with E-state index in [2.05, 4.69) is 0 Å². The number of aromatic hydroxyl groups is 1. The third-order valence-electron chi connectivity index (χ3n) is 7.41. The third kappa shape index (κ3) is 8.73. The van der Waals surface area contributed by atoms with E-state index in [9.17, 15) is 30.7 Å². The molecule has 15 heteroatoms. The summed E-state index contributed by atoms with van der Waals surface area (Å²) in [4.78, 5) is -0.469. The largest absolute Gasteiger partial charge is 0.505 e. The first-order valence-corrected chi connectivity index (χ1v) is 18.7. The van der Waals surface area contributed by atoms with Crippen LogP contribution in [0.5, 0.6) is 5.75 Å². The molecule has 7 nitrogen and oxygen atoms in total. The summed E-state index contributed by atoms with van der Waals surface area (Å²) in [6.45, 7) is -0.688. The van der Waals surface area contributed by atoms with E-state index in [-0.39, 0.29) is 51.2 Å². The molecule has 0 aromatic heterocycles. The van der Waals surface area contributed by atoms with Crippen LogP contribution < -0.4 is 0 Å². The highest BCUT2D eigenvalue weighted by Crippen LogP contribution is 2.37. The van der Waals surface area contributed by atoms with Gasteiger partial charge in [-0.15, -0.1) is 0 Å². The van der Waals surface area contributed by atoms with Crippen LogP contribution >= 0.6 is 46.4 Å². The lowest BCUT2D eigenvalue weighted by atomic mass is 10.1. The van der Waals surface area contributed by atoms with Crippen molar-refractivity contribution in [3.63, 3.8) is 0 Å². The van der Waals surface area contributed by atoms with Gasteiger partial charge >= 0.3 is 0 Å². The van der Waals surface area contributed by atoms with Crippen molar-refractivity contribution < 1.29 is 30.7 Å². The zero-order valence-corrected chi connectivity index (χ0v) is 29.9. The van der Waals surface area contributed by atoms with Crippen LogP contribution in [0.4, 0.5) is 8.78 Å². The molecule has 1 N–H and O–H groups in total. The number of hydrogen-bond donors (Lipinski definition) is 1. The summed E-state index contributed by atoms with van der Waals surface area (Å²) in [7, 11) is -8.49. The topological polar surface area (TPSA) is 95.0 Å². The summed E-state index contributed by atoms with van der Waals surface area (Å²) in [5.74, 6) is -1.99. The van der Waals surface area contributed by atoms with Crippen molar-refractivity contribution >= 4 is 66.5 Å². The van der Waals surface area contributed by atoms with Gasteiger partial charge in [0, 0.05) is 31.2 Å². The van der Waals surface area contributed by atoms with Crippen LogP contribution in [-0.2, 0) is 46.2 Å². The second-order valence-electron chi connectivity index (χ2n) is 10.9. The second kappa shape index (κ2) is 15.3. The lowest BCUT2D eigenvalue weighted by Gasteiger charge is -2.24. The van der Waals surface area contributed by atoms with Crippen molar-refractivity contribution in [1.29, 1.82) is 0 Å². The molecule has 0 aliphatic rings. The van der Waals surface area contributed by atoms with Crippen LogP contribution in [0, 0.1) is 11.6 Å². The highest BCUT2D eigenvalue weighted by molar-refractivity contribution is 7.89. The number of rotatable bonds is 12. The molecule has 0 saturated heterocycles. The van der Waals surface area contributed by atoms with Gasteiger partial charge in [0.05, 0.1) is 20.0 Å². The van der Waals surface area contributed by atoms with Crippen molar-refractivity contribution in [2.45, 2.75) is 36.0 Å². The second-order valence-corrected chi connectivity index (χ2v) is 16.4. The van der Waals surface area contributed by atoms with Crippen LogP contribution in [0.25, 0.3) is 0 Å². The molecule has 0 amide bonds. The Morgan fingerprint density at radius 2 is 1.00 bits per heavy atom. The molecule has 0 atom stereocenters. The van der Waals surface area contributed by atoms with Crippen LogP contribution in [0.3, 0.4) is 0 Å². The summed E-state index contributed by atoms with van der Waals surface area (Å²) in [6, 6.07) is 24.5. The first kappa shape index (κ1) is 37.0. The first-order valence-electron chi connectivity index (χ1n) is 14.3. The molecular formula is C34H26Cl4F2N2O5S2. The van der Waals surface area contributed by atoms with Gasteiger partial charge in [0.25, 0.3) is 0 Å². The monoisotopic (exact) mass is 784 g/mol. The SMILES string of the molecule is O=S(=O)(c1ccccc1)N(Cc1ccc(CN(Cc2ccc(F)cc2)S(=O)(=O)c2cc(Cl)cc(Cl)c2O)cc1)Cc1cc(Cl)c(F)c(Cl)c1. The molecule has 0 radical (unpaired) electrons. The predicted octanol–water partition coefficient (Wildman–Crippen LogP) is 9.07. The Hall–Kier alpha value is -3.26. The maximum absolute atomic E-state index is 14.1. The smallest absolute Gasteiger partial charge is 0.247 e. The van der Waals surface area contributed by atoms with Gasteiger partial charge in [-0.25, -0.2) is 25.6 Å². The van der Waals surface area contributed by atoms with Crippen LogP contribution in [0.15, 0.2) is 113 Å². The van der Waals surface area contributed by atoms with E-state index in [4.69, 9.17) is 46.4 Å². The van der Waals surface area contributed by atoms with E-state index in [1.165, 1.54) is 58.9 Å². The molecule has 0 heterocycles. The van der Waals surface area contributed by atoms with Crippen molar-refractivity contribution in [1.82, 2.24) is 8.61 Å². The average molecular weight is 787 g/mol. The summed E-state index contributed by atoms with van der Waals surface area (Å²) in [5, 5.41) is 9.80. The minimum absolute atomic E-state index is 0.00681. The van der Waals surface area contributed by atoms with Crippen LogP contribution in [0.1, 0.15) is 22.3 Å². The molecule has 0 aliphatic heterocycles. The Morgan fingerprint density at radius 1 is 0.551 bits per heavy atom. The molecule has 0 fully saturated rings. The van der Waals surface area contributed by atoms with Gasteiger partial charge in [-0.2, -0.15) is 8.61 Å². The van der Waals surface area contributed by atoms with Crippen LogP contribution in [0.2, 0.25) is 20.1 Å². The Balaban J connectivity index is 1.46. The quantitative estimate of drug-likeness (QED) is 0.128. The zero-order valence-electron chi connectivity index (χ0n) is 25.2. The van der Waals surface area contributed by atoms with Crippen molar-refractivity contribution in [3.05, 3.63) is 157 Å². The number of benzene rings is 5. The molecule has 0 spiro atoms. The van der Waals surface area contributed by atoms with Crippen molar-refractivity contribution in [2.24, 2.45) is 0 Å². The third-order valence-corrected chi connectivity index (χ3v) is 12.1. The molecule has 0 saturated carbocycles. The van der Waals surface area contributed by atoms with E-state index >= 15 is 0 Å². The Kier molecular flexibility index (Phi) is 11.6. The Bertz CT molecular complexity index is 2170. The van der Waals surface area contributed by atoms with E-state index in [1.807, 2.05) is 0 Å². The number of sulfonamides is 2. The number of nitrogens with zero attached hydrogens (tertiary/aromatic N) is 2. The molecule has 5 rings (SSSR count). The van der Waals surface area contributed by atoms with Gasteiger partial charge in [0.15, 0.2) is 11.6 Å². The van der Waals surface area contributed by atoms with Gasteiger partial charge in [0.2, 0.25) is 20.0 Å². The summed E-state index contributed by atoms with van der Waals surface area (Å²) < 4.78 is 85.3. The maximum Gasteiger partial charge on any atom is 0.247 e. The van der Waals surface area contributed by atoms with Gasteiger partial charge in [-0.05, 0) is 70.8 Å². The van der Waals surface area contributed by atoms with Gasteiger partial charge in [0.1, 0.15) is 10.7 Å². The molecule has 0 aliphatic carbocycles. The fourth-order valence-electron chi connectivity index (χ4n) is 4.93. The number of hydrogen-bond acceptors (Lipinski definition) is 5. The summed E-state index contributed by atoms with van der Waals surface area (Å²) in [6.07, 6.45) is 0. The number of phenols is 1. The van der Waals surface area contributed by atoms with Crippen LogP contribution in [-0.4, -0.2) is 30.6 Å². The molecule has 0 bridgehead atoms. The van der Waals surface area contributed by atoms with E-state index < -0.39 is 42.3 Å². The van der Waals surface area contributed by atoms with Crippen molar-refractivity contribution in [2.75, 3.05) is 0 Å². The highest BCUT2D eigenvalue weighted by Gasteiger charge is 2.30. The predicted molar refractivity (Wildman–Crippen MR) is 187 cm³/mol. The standard InChI is InChI=1S/C34H26Cl4F2N2O5S2/c35-26-16-31(38)34(43)32(17-26)49(46,47)42(20-24-10-12-27(39)13-11-24)19-23-8-6-22(7-9-23)18-41(48(44,45)28-4-2-1-3-5-28)21-25-14-29(36)33(40)30(37)15-25/h1-17,43H,18-21H2. The summed E-state index contributed by atoms with van der Waals surface area (Å²) >= 11 is 24.1. The first-order chi connectivity index (χ1) is 23.1. The fraction of sp³-hybridized carbons (Fsp3) is 0.118. The number of halogens is 6. The summed E-state index contributed by atoms with van der Waals surface area (Å²) in [5.41, 5.74) is 1.89. The normalized spacial score (nSPS) is 12.2. The highest BCUT2D eigenvalue weighted by atomic mass is 35.5. The molecule has 5 aromatic carbocycles.